The summed E-state index contributed by atoms with van der Waals surface area (Å²) in [6, 6.07) is -5.29. The maximum absolute atomic E-state index is 12.8. The second-order valence-electron chi connectivity index (χ2n) is 8.11. The predicted octanol–water partition coefficient (Wildman–Crippen LogP) is -2.02. The van der Waals surface area contributed by atoms with Crippen molar-refractivity contribution in [2.45, 2.75) is 76.5 Å². The van der Waals surface area contributed by atoms with Gasteiger partial charge in [-0.05, 0) is 38.1 Å². The highest BCUT2D eigenvalue weighted by Crippen LogP contribution is 2.08. The lowest BCUT2D eigenvalue weighted by Crippen LogP contribution is -2.58. The number of carboxylic acid groups (broad SMARTS) is 3. The molecular formula is C20H35N5O9. The third-order valence-corrected chi connectivity index (χ3v) is 4.82. The van der Waals surface area contributed by atoms with Crippen LogP contribution in [0.1, 0.15) is 52.4 Å². The van der Waals surface area contributed by atoms with Crippen LogP contribution in [0, 0.1) is 5.92 Å². The van der Waals surface area contributed by atoms with E-state index in [-0.39, 0.29) is 12.8 Å². The van der Waals surface area contributed by atoms with Crippen molar-refractivity contribution < 1.29 is 44.1 Å². The number of nitrogens with one attached hydrogen (secondary N) is 3. The lowest BCUT2D eigenvalue weighted by molar-refractivity contribution is -0.142. The van der Waals surface area contributed by atoms with Gasteiger partial charge in [-0.25, -0.2) is 4.79 Å². The molecule has 14 heteroatoms. The van der Waals surface area contributed by atoms with E-state index in [9.17, 15) is 33.9 Å². The Bertz CT molecular complexity index is 744. The first kappa shape index (κ1) is 30.7. The van der Waals surface area contributed by atoms with Gasteiger partial charge >= 0.3 is 17.9 Å². The third kappa shape index (κ3) is 12.1. The molecule has 0 radical (unpaired) electrons. The number of rotatable bonds is 17. The van der Waals surface area contributed by atoms with E-state index in [0.29, 0.717) is 19.4 Å². The Kier molecular flexibility index (Phi) is 14.1. The van der Waals surface area contributed by atoms with Crippen LogP contribution in [0.5, 0.6) is 0 Å². The lowest BCUT2D eigenvalue weighted by atomic mass is 10.0. The van der Waals surface area contributed by atoms with Crippen LogP contribution in [-0.2, 0) is 28.8 Å². The Labute approximate surface area is 196 Å². The largest absolute Gasteiger partial charge is 0.481 e. The molecule has 0 rings (SSSR count). The van der Waals surface area contributed by atoms with Crippen molar-refractivity contribution >= 4 is 35.6 Å². The number of unbranched alkanes of at least 4 members (excludes halogenated alkanes) is 1. The molecule has 0 aromatic heterocycles. The summed E-state index contributed by atoms with van der Waals surface area (Å²) in [4.78, 5) is 70.9. The van der Waals surface area contributed by atoms with Gasteiger partial charge in [-0.15, -0.1) is 0 Å². The van der Waals surface area contributed by atoms with Crippen molar-refractivity contribution in [3.63, 3.8) is 0 Å². The summed E-state index contributed by atoms with van der Waals surface area (Å²) < 4.78 is 0. The molecule has 0 aliphatic carbocycles. The summed E-state index contributed by atoms with van der Waals surface area (Å²) in [5.41, 5.74) is 10.9. The van der Waals surface area contributed by atoms with Crippen LogP contribution in [0.2, 0.25) is 0 Å². The summed E-state index contributed by atoms with van der Waals surface area (Å²) in [7, 11) is 0. The molecule has 0 fully saturated rings. The zero-order valence-corrected chi connectivity index (χ0v) is 19.3. The smallest absolute Gasteiger partial charge is 0.326 e. The minimum Gasteiger partial charge on any atom is -0.481 e. The highest BCUT2D eigenvalue weighted by molar-refractivity contribution is 5.95. The van der Waals surface area contributed by atoms with Gasteiger partial charge in [0, 0.05) is 6.42 Å². The number of hydrogen-bond donors (Lipinski definition) is 8. The number of aliphatic carboxylic acids is 3. The van der Waals surface area contributed by atoms with Gasteiger partial charge in [-0.1, -0.05) is 13.8 Å². The SMILES string of the molecule is CC(C)[C@H](NC(=O)[C@H](CCC(=O)O)NC(=O)[C@@H](N)CC(=O)O)C(=O)N[C@@H](CCCCN)C(=O)O. The van der Waals surface area contributed by atoms with Crippen molar-refractivity contribution in [2.24, 2.45) is 17.4 Å². The van der Waals surface area contributed by atoms with Crippen LogP contribution in [0.3, 0.4) is 0 Å². The molecule has 0 heterocycles. The maximum Gasteiger partial charge on any atom is 0.326 e. The van der Waals surface area contributed by atoms with Crippen molar-refractivity contribution in [1.29, 1.82) is 0 Å². The second-order valence-corrected chi connectivity index (χ2v) is 8.11. The molecule has 3 amide bonds. The number of carbonyl (C=O) groups excluding carboxylic acids is 3. The van der Waals surface area contributed by atoms with E-state index in [4.69, 9.17) is 21.7 Å². The van der Waals surface area contributed by atoms with Crippen LogP contribution >= 0.6 is 0 Å². The summed E-state index contributed by atoms with van der Waals surface area (Å²) >= 11 is 0. The summed E-state index contributed by atoms with van der Waals surface area (Å²) in [5, 5.41) is 34.0. The number of carbonyl (C=O) groups is 6. The van der Waals surface area contributed by atoms with Crippen molar-refractivity contribution in [3.05, 3.63) is 0 Å². The average molecular weight is 490 g/mol. The van der Waals surface area contributed by atoms with E-state index in [2.05, 4.69) is 16.0 Å². The van der Waals surface area contributed by atoms with Gasteiger partial charge < -0.3 is 42.7 Å². The quantitative estimate of drug-likeness (QED) is 0.103. The lowest BCUT2D eigenvalue weighted by Gasteiger charge is -2.27. The average Bonchev–Trinajstić information content (AvgIpc) is 2.72. The minimum atomic E-state index is -1.48. The molecule has 34 heavy (non-hydrogen) atoms. The topological polar surface area (TPSA) is 251 Å². The van der Waals surface area contributed by atoms with Crippen LogP contribution in [0.15, 0.2) is 0 Å². The third-order valence-electron chi connectivity index (χ3n) is 4.82. The molecule has 0 aliphatic rings. The van der Waals surface area contributed by atoms with Crippen molar-refractivity contribution in [2.75, 3.05) is 6.54 Å². The van der Waals surface area contributed by atoms with E-state index in [1.165, 1.54) is 0 Å². The number of nitrogens with two attached hydrogens (primary N) is 2. The van der Waals surface area contributed by atoms with Crippen LogP contribution in [0.4, 0.5) is 0 Å². The Balaban J connectivity index is 5.44. The van der Waals surface area contributed by atoms with E-state index >= 15 is 0 Å². The fourth-order valence-corrected chi connectivity index (χ4v) is 2.90. The maximum atomic E-state index is 12.8. The van der Waals surface area contributed by atoms with E-state index in [0.717, 1.165) is 0 Å². The molecule has 0 aliphatic heterocycles. The highest BCUT2D eigenvalue weighted by atomic mass is 16.4. The predicted molar refractivity (Wildman–Crippen MR) is 118 cm³/mol. The van der Waals surface area contributed by atoms with Crippen LogP contribution in [0.25, 0.3) is 0 Å². The number of carboxylic acids is 3. The molecule has 14 nitrogen and oxygen atoms in total. The van der Waals surface area contributed by atoms with Gasteiger partial charge in [0.15, 0.2) is 0 Å². The Morgan fingerprint density at radius 2 is 1.35 bits per heavy atom. The van der Waals surface area contributed by atoms with Crippen LogP contribution < -0.4 is 27.4 Å². The molecule has 4 atom stereocenters. The summed E-state index contributed by atoms with van der Waals surface area (Å²) in [5.74, 6) is -6.99. The highest BCUT2D eigenvalue weighted by Gasteiger charge is 2.32. The Morgan fingerprint density at radius 1 is 0.765 bits per heavy atom. The fourth-order valence-electron chi connectivity index (χ4n) is 2.90. The zero-order chi connectivity index (χ0) is 26.4. The first-order chi connectivity index (χ1) is 15.8. The molecule has 0 unspecified atom stereocenters. The standard InChI is InChI=1S/C20H35N5O9/c1-10(2)16(19(32)24-13(20(33)34)5-3-4-8-21)25-18(31)12(6-7-14(26)27)23-17(30)11(22)9-15(28)29/h10-13,16H,3-9,21-22H2,1-2H3,(H,23,30)(H,24,32)(H,25,31)(H,26,27)(H,28,29)(H,33,34)/t11-,12-,13-,16-/m0/s1. The molecule has 0 aromatic carbocycles. The second kappa shape index (κ2) is 15.6. The zero-order valence-electron chi connectivity index (χ0n) is 19.3. The molecule has 0 spiro atoms. The van der Waals surface area contributed by atoms with E-state index in [1.54, 1.807) is 13.8 Å². The monoisotopic (exact) mass is 489 g/mol. The van der Waals surface area contributed by atoms with Gasteiger partial charge in [0.05, 0.1) is 12.5 Å². The first-order valence-corrected chi connectivity index (χ1v) is 10.8. The summed E-state index contributed by atoms with van der Waals surface area (Å²) in [6.07, 6.45) is -0.402. The molecule has 0 saturated heterocycles. The van der Waals surface area contributed by atoms with Gasteiger partial charge in [0.1, 0.15) is 18.1 Å². The van der Waals surface area contributed by atoms with Gasteiger partial charge in [-0.3, -0.25) is 24.0 Å². The van der Waals surface area contributed by atoms with E-state index < -0.39 is 78.6 Å². The van der Waals surface area contributed by atoms with Crippen LogP contribution in [-0.4, -0.2) is 81.7 Å². The minimum absolute atomic E-state index is 0.135. The van der Waals surface area contributed by atoms with Gasteiger partial charge in [0.25, 0.3) is 0 Å². The van der Waals surface area contributed by atoms with Gasteiger partial charge in [0.2, 0.25) is 17.7 Å². The molecule has 10 N–H and O–H groups in total. The Morgan fingerprint density at radius 3 is 1.82 bits per heavy atom. The molecule has 194 valence electrons. The van der Waals surface area contributed by atoms with Crippen molar-refractivity contribution in [3.8, 4) is 0 Å². The molecular weight excluding hydrogens is 454 g/mol. The molecule has 0 aromatic rings. The van der Waals surface area contributed by atoms with Gasteiger partial charge in [-0.2, -0.15) is 0 Å². The molecule has 0 saturated carbocycles. The molecule has 0 bridgehead atoms. The first-order valence-electron chi connectivity index (χ1n) is 10.8. The van der Waals surface area contributed by atoms with E-state index in [1.807, 2.05) is 0 Å². The Hall–Kier alpha value is -3.26. The van der Waals surface area contributed by atoms with Crippen molar-refractivity contribution in [1.82, 2.24) is 16.0 Å². The number of hydrogen-bond acceptors (Lipinski definition) is 8. The fraction of sp³-hybridized carbons (Fsp3) is 0.700. The number of amides is 3. The normalized spacial score (nSPS) is 14.4. The summed E-state index contributed by atoms with van der Waals surface area (Å²) in [6.45, 7) is 3.56.